The highest BCUT2D eigenvalue weighted by atomic mass is 32.2. The highest BCUT2D eigenvalue weighted by molar-refractivity contribution is 8.00. The summed E-state index contributed by atoms with van der Waals surface area (Å²) in [5, 5.41) is 7.60. The van der Waals surface area contributed by atoms with Gasteiger partial charge in [-0.15, -0.1) is 5.10 Å². The molecular weight excluding hydrogens is 274 g/mol. The molecule has 1 amide bonds. The van der Waals surface area contributed by atoms with Crippen molar-refractivity contribution in [2.45, 2.75) is 44.5 Å². The average molecular weight is 293 g/mol. The molecular formula is C13H19N5OS. The number of carbonyl (C=O) groups excluding carboxylic acids is 1. The highest BCUT2D eigenvalue weighted by Gasteiger charge is 2.17. The molecule has 6 nitrogen and oxygen atoms in total. The molecule has 1 atom stereocenters. The summed E-state index contributed by atoms with van der Waals surface area (Å²) in [5.41, 5.74) is 1.89. The SMILES string of the molecule is CCCNC(=O)C(C)Sc1nc2nc(C)cc(C)n2n1. The van der Waals surface area contributed by atoms with Gasteiger partial charge in [0.05, 0.1) is 5.25 Å². The van der Waals surface area contributed by atoms with Crippen molar-refractivity contribution in [2.75, 3.05) is 6.54 Å². The maximum Gasteiger partial charge on any atom is 0.253 e. The maximum atomic E-state index is 11.8. The first-order chi connectivity index (χ1) is 9.51. The normalized spacial score (nSPS) is 12.6. The Bertz CT molecular complexity index is 624. The van der Waals surface area contributed by atoms with Gasteiger partial charge in [-0.2, -0.15) is 4.98 Å². The lowest BCUT2D eigenvalue weighted by Crippen LogP contribution is -2.31. The molecule has 0 bridgehead atoms. The Morgan fingerprint density at radius 1 is 1.45 bits per heavy atom. The Balaban J connectivity index is 2.14. The van der Waals surface area contributed by atoms with Crippen LogP contribution in [0.15, 0.2) is 11.2 Å². The van der Waals surface area contributed by atoms with Crippen molar-refractivity contribution >= 4 is 23.4 Å². The Morgan fingerprint density at radius 2 is 2.20 bits per heavy atom. The van der Waals surface area contributed by atoms with Crippen LogP contribution in [0.3, 0.4) is 0 Å². The van der Waals surface area contributed by atoms with Gasteiger partial charge in [-0.25, -0.2) is 9.50 Å². The van der Waals surface area contributed by atoms with Crippen molar-refractivity contribution in [1.29, 1.82) is 0 Å². The third kappa shape index (κ3) is 3.27. The molecule has 20 heavy (non-hydrogen) atoms. The van der Waals surface area contributed by atoms with Gasteiger partial charge in [0.1, 0.15) is 0 Å². The first-order valence-corrected chi connectivity index (χ1v) is 7.54. The number of amides is 1. The van der Waals surface area contributed by atoms with Crippen molar-refractivity contribution in [3.8, 4) is 0 Å². The number of aryl methyl sites for hydroxylation is 2. The van der Waals surface area contributed by atoms with Crippen molar-refractivity contribution in [3.63, 3.8) is 0 Å². The molecule has 0 radical (unpaired) electrons. The van der Waals surface area contributed by atoms with E-state index in [0.717, 1.165) is 17.8 Å². The molecule has 0 aromatic carbocycles. The van der Waals surface area contributed by atoms with Crippen molar-refractivity contribution < 1.29 is 4.79 Å². The highest BCUT2D eigenvalue weighted by Crippen LogP contribution is 2.20. The minimum Gasteiger partial charge on any atom is -0.355 e. The fraction of sp³-hybridized carbons (Fsp3) is 0.538. The van der Waals surface area contributed by atoms with Crippen molar-refractivity contribution in [1.82, 2.24) is 24.9 Å². The predicted molar refractivity (Wildman–Crippen MR) is 78.9 cm³/mol. The quantitative estimate of drug-likeness (QED) is 0.850. The van der Waals surface area contributed by atoms with E-state index in [4.69, 9.17) is 0 Å². The van der Waals surface area contributed by atoms with Gasteiger partial charge in [-0.1, -0.05) is 18.7 Å². The van der Waals surface area contributed by atoms with E-state index in [-0.39, 0.29) is 11.2 Å². The minimum atomic E-state index is -0.222. The summed E-state index contributed by atoms with van der Waals surface area (Å²) < 4.78 is 1.70. The topological polar surface area (TPSA) is 72.2 Å². The van der Waals surface area contributed by atoms with Crippen LogP contribution < -0.4 is 5.32 Å². The van der Waals surface area contributed by atoms with E-state index in [1.807, 2.05) is 33.8 Å². The number of hydrogen-bond donors (Lipinski definition) is 1. The Labute approximate surface area is 122 Å². The molecule has 0 aliphatic carbocycles. The fourth-order valence-electron chi connectivity index (χ4n) is 1.80. The van der Waals surface area contributed by atoms with Crippen LogP contribution in [0.1, 0.15) is 31.7 Å². The van der Waals surface area contributed by atoms with E-state index < -0.39 is 0 Å². The molecule has 2 rings (SSSR count). The van der Waals surface area contributed by atoms with Gasteiger partial charge in [0.15, 0.2) is 0 Å². The van der Waals surface area contributed by atoms with Crippen LogP contribution in [0.5, 0.6) is 0 Å². The monoisotopic (exact) mass is 293 g/mol. The van der Waals surface area contributed by atoms with Crippen LogP contribution in [-0.4, -0.2) is 37.3 Å². The molecule has 0 saturated heterocycles. The number of hydrogen-bond acceptors (Lipinski definition) is 5. The molecule has 0 fully saturated rings. The zero-order valence-corrected chi connectivity index (χ0v) is 13.0. The van der Waals surface area contributed by atoms with Gasteiger partial charge < -0.3 is 5.32 Å². The van der Waals surface area contributed by atoms with Gasteiger partial charge in [-0.05, 0) is 33.3 Å². The molecule has 2 heterocycles. The van der Waals surface area contributed by atoms with Crippen LogP contribution >= 0.6 is 11.8 Å². The first kappa shape index (κ1) is 14.8. The lowest BCUT2D eigenvalue weighted by molar-refractivity contribution is -0.120. The summed E-state index contributed by atoms with van der Waals surface area (Å²) in [7, 11) is 0. The molecule has 1 N–H and O–H groups in total. The summed E-state index contributed by atoms with van der Waals surface area (Å²) in [6.07, 6.45) is 0.929. The number of carbonyl (C=O) groups is 1. The molecule has 0 aliphatic heterocycles. The molecule has 0 saturated carbocycles. The van der Waals surface area contributed by atoms with E-state index in [0.29, 0.717) is 17.5 Å². The maximum absolute atomic E-state index is 11.8. The Kier molecular flexibility index (Phi) is 4.59. The molecule has 7 heteroatoms. The number of thioether (sulfide) groups is 1. The number of fused-ring (bicyclic) bond motifs is 1. The lowest BCUT2D eigenvalue weighted by atomic mass is 10.4. The summed E-state index contributed by atoms with van der Waals surface area (Å²) in [6.45, 7) is 8.46. The number of rotatable bonds is 5. The van der Waals surface area contributed by atoms with Gasteiger partial charge in [0, 0.05) is 17.9 Å². The van der Waals surface area contributed by atoms with Crippen LogP contribution in [0.2, 0.25) is 0 Å². The van der Waals surface area contributed by atoms with Crippen LogP contribution in [0.4, 0.5) is 0 Å². The average Bonchev–Trinajstić information content (AvgIpc) is 2.78. The third-order valence-electron chi connectivity index (χ3n) is 2.80. The standard InChI is InChI=1S/C13H19N5OS/c1-5-6-14-11(19)10(4)20-13-16-12-15-8(2)7-9(3)18(12)17-13/h7,10H,5-6H2,1-4H3,(H,14,19). The van der Waals surface area contributed by atoms with Gasteiger partial charge in [0.2, 0.25) is 11.1 Å². The summed E-state index contributed by atoms with van der Waals surface area (Å²) in [6, 6.07) is 1.95. The second kappa shape index (κ2) is 6.21. The fourth-order valence-corrected chi connectivity index (χ4v) is 2.57. The van der Waals surface area contributed by atoms with Crippen LogP contribution in [0, 0.1) is 13.8 Å². The van der Waals surface area contributed by atoms with Gasteiger partial charge in [0.25, 0.3) is 5.78 Å². The first-order valence-electron chi connectivity index (χ1n) is 6.66. The van der Waals surface area contributed by atoms with E-state index in [1.165, 1.54) is 11.8 Å². The third-order valence-corrected chi connectivity index (χ3v) is 3.75. The van der Waals surface area contributed by atoms with Gasteiger partial charge in [-0.3, -0.25) is 4.79 Å². The summed E-state index contributed by atoms with van der Waals surface area (Å²) >= 11 is 1.35. The minimum absolute atomic E-state index is 0.0107. The predicted octanol–water partition coefficient (Wildman–Crippen LogP) is 1.75. The molecule has 0 aliphatic rings. The number of nitrogens with zero attached hydrogens (tertiary/aromatic N) is 4. The van der Waals surface area contributed by atoms with Crippen LogP contribution in [-0.2, 0) is 4.79 Å². The zero-order chi connectivity index (χ0) is 14.7. The zero-order valence-electron chi connectivity index (χ0n) is 12.2. The second-order valence-electron chi connectivity index (χ2n) is 4.70. The van der Waals surface area contributed by atoms with E-state index in [9.17, 15) is 4.79 Å². The Hall–Kier alpha value is -1.63. The Morgan fingerprint density at radius 3 is 2.90 bits per heavy atom. The van der Waals surface area contributed by atoms with E-state index in [1.54, 1.807) is 4.52 Å². The lowest BCUT2D eigenvalue weighted by Gasteiger charge is -2.08. The largest absolute Gasteiger partial charge is 0.355 e. The summed E-state index contributed by atoms with van der Waals surface area (Å²) in [5.74, 6) is 0.586. The van der Waals surface area contributed by atoms with E-state index in [2.05, 4.69) is 20.4 Å². The molecule has 1 unspecified atom stereocenters. The van der Waals surface area contributed by atoms with Crippen molar-refractivity contribution in [3.05, 3.63) is 17.5 Å². The smallest absolute Gasteiger partial charge is 0.253 e. The molecule has 2 aromatic heterocycles. The van der Waals surface area contributed by atoms with Gasteiger partial charge >= 0.3 is 0 Å². The van der Waals surface area contributed by atoms with Crippen molar-refractivity contribution in [2.24, 2.45) is 0 Å². The summed E-state index contributed by atoms with van der Waals surface area (Å²) in [4.78, 5) is 20.5. The van der Waals surface area contributed by atoms with E-state index >= 15 is 0 Å². The molecule has 108 valence electrons. The molecule has 0 spiro atoms. The molecule has 2 aromatic rings. The van der Waals surface area contributed by atoms with Crippen LogP contribution in [0.25, 0.3) is 5.78 Å². The number of aromatic nitrogens is 4. The second-order valence-corrected chi connectivity index (χ2v) is 6.00. The number of nitrogens with one attached hydrogen (secondary N) is 1.